The first-order chi connectivity index (χ1) is 11.4. The minimum Gasteiger partial charge on any atom is -0.383 e. The molecule has 1 atom stereocenters. The van der Waals surface area contributed by atoms with Gasteiger partial charge in [-0.15, -0.1) is 0 Å². The van der Waals surface area contributed by atoms with Crippen molar-refractivity contribution >= 4 is 23.1 Å². The molecular weight excluding hydrogens is 317 g/mol. The van der Waals surface area contributed by atoms with Crippen molar-refractivity contribution in [2.75, 3.05) is 24.4 Å². The van der Waals surface area contributed by atoms with E-state index in [1.54, 1.807) is 7.11 Å². The van der Waals surface area contributed by atoms with Crippen LogP contribution in [0.4, 0.5) is 27.5 Å². The summed E-state index contributed by atoms with van der Waals surface area (Å²) < 4.78 is 18.0. The van der Waals surface area contributed by atoms with E-state index in [0.29, 0.717) is 12.3 Å². The third-order valence-corrected chi connectivity index (χ3v) is 3.14. The van der Waals surface area contributed by atoms with Gasteiger partial charge in [0.15, 0.2) is 0 Å². The second-order valence-electron chi connectivity index (χ2n) is 5.22. The quantitative estimate of drug-likeness (QED) is 0.592. The first-order valence-corrected chi connectivity index (χ1v) is 7.21. The highest BCUT2D eigenvalue weighted by molar-refractivity contribution is 5.68. The molecular formula is C15H18FN5O3. The predicted molar refractivity (Wildman–Crippen MR) is 88.1 cm³/mol. The Morgan fingerprint density at radius 1 is 1.33 bits per heavy atom. The zero-order valence-corrected chi connectivity index (χ0v) is 13.5. The maximum Gasteiger partial charge on any atom is 0.332 e. The van der Waals surface area contributed by atoms with Gasteiger partial charge in [0.05, 0.1) is 11.5 Å². The molecule has 2 aromatic rings. The Morgan fingerprint density at radius 2 is 2.00 bits per heavy atom. The molecule has 0 aliphatic heterocycles. The molecule has 0 radical (unpaired) electrons. The monoisotopic (exact) mass is 335 g/mol. The van der Waals surface area contributed by atoms with Gasteiger partial charge in [-0.05, 0) is 38.1 Å². The smallest absolute Gasteiger partial charge is 0.332 e. The molecule has 0 bridgehead atoms. The normalized spacial score (nSPS) is 11.8. The number of nitrogens with zero attached hydrogens (tertiary/aromatic N) is 3. The standard InChI is InChI=1S/C15H18FN5O3/c1-9(8-24-3)17-15-18-10(2)13(21(22)23)14(20-15)19-12-6-4-11(16)5-7-12/h4-7,9H,8H2,1-3H3,(H2,17,18,19,20). The Labute approximate surface area is 138 Å². The van der Waals surface area contributed by atoms with E-state index in [4.69, 9.17) is 4.74 Å². The summed E-state index contributed by atoms with van der Waals surface area (Å²) in [6, 6.07) is 5.37. The molecule has 9 heteroatoms. The minimum atomic E-state index is -0.552. The summed E-state index contributed by atoms with van der Waals surface area (Å²) >= 11 is 0. The molecule has 0 fully saturated rings. The fourth-order valence-electron chi connectivity index (χ4n) is 2.12. The van der Waals surface area contributed by atoms with Crippen LogP contribution in [0.3, 0.4) is 0 Å². The van der Waals surface area contributed by atoms with Crippen molar-refractivity contribution in [2.24, 2.45) is 0 Å². The molecule has 0 spiro atoms. The van der Waals surface area contributed by atoms with Gasteiger partial charge in [-0.1, -0.05) is 0 Å². The molecule has 1 heterocycles. The van der Waals surface area contributed by atoms with E-state index >= 15 is 0 Å². The maximum absolute atomic E-state index is 13.0. The topological polar surface area (TPSA) is 102 Å². The molecule has 2 rings (SSSR count). The van der Waals surface area contributed by atoms with Crippen LogP contribution in [0.1, 0.15) is 12.6 Å². The summed E-state index contributed by atoms with van der Waals surface area (Å²) in [4.78, 5) is 19.0. The maximum atomic E-state index is 13.0. The van der Waals surface area contributed by atoms with Gasteiger partial charge in [0, 0.05) is 18.8 Å². The summed E-state index contributed by atoms with van der Waals surface area (Å²) in [5.41, 5.74) is 0.462. The number of rotatable bonds is 7. The average Bonchev–Trinajstić information content (AvgIpc) is 2.49. The molecule has 1 aromatic carbocycles. The number of nitrogens with one attached hydrogen (secondary N) is 2. The van der Waals surface area contributed by atoms with Crippen LogP contribution in [-0.4, -0.2) is 34.6 Å². The highest BCUT2D eigenvalue weighted by Crippen LogP contribution is 2.29. The fraction of sp³-hybridized carbons (Fsp3) is 0.333. The first kappa shape index (κ1) is 17.5. The van der Waals surface area contributed by atoms with Crippen LogP contribution in [0, 0.1) is 22.9 Å². The molecule has 2 N–H and O–H groups in total. The van der Waals surface area contributed by atoms with E-state index in [-0.39, 0.29) is 29.2 Å². The van der Waals surface area contributed by atoms with Gasteiger partial charge >= 0.3 is 5.69 Å². The van der Waals surface area contributed by atoms with Crippen LogP contribution in [-0.2, 0) is 4.74 Å². The molecule has 128 valence electrons. The second-order valence-corrected chi connectivity index (χ2v) is 5.22. The lowest BCUT2D eigenvalue weighted by atomic mass is 10.3. The van der Waals surface area contributed by atoms with Gasteiger partial charge in [0.2, 0.25) is 11.8 Å². The summed E-state index contributed by atoms with van der Waals surface area (Å²) in [6.07, 6.45) is 0. The van der Waals surface area contributed by atoms with Gasteiger partial charge in [0.1, 0.15) is 11.5 Å². The first-order valence-electron chi connectivity index (χ1n) is 7.21. The van der Waals surface area contributed by atoms with E-state index in [1.165, 1.54) is 31.2 Å². The third-order valence-electron chi connectivity index (χ3n) is 3.14. The number of nitro groups is 1. The molecule has 8 nitrogen and oxygen atoms in total. The second kappa shape index (κ2) is 7.64. The lowest BCUT2D eigenvalue weighted by Crippen LogP contribution is -2.22. The van der Waals surface area contributed by atoms with Crippen molar-refractivity contribution in [3.05, 3.63) is 45.9 Å². The van der Waals surface area contributed by atoms with E-state index in [9.17, 15) is 14.5 Å². The summed E-state index contributed by atoms with van der Waals surface area (Å²) in [7, 11) is 1.57. The lowest BCUT2D eigenvalue weighted by Gasteiger charge is -2.14. The third kappa shape index (κ3) is 4.35. The van der Waals surface area contributed by atoms with Crippen molar-refractivity contribution in [2.45, 2.75) is 19.9 Å². The zero-order chi connectivity index (χ0) is 17.7. The van der Waals surface area contributed by atoms with Gasteiger partial charge < -0.3 is 15.4 Å². The Morgan fingerprint density at radius 3 is 2.58 bits per heavy atom. The van der Waals surface area contributed by atoms with Crippen molar-refractivity contribution in [1.29, 1.82) is 0 Å². The van der Waals surface area contributed by atoms with Crippen molar-refractivity contribution in [3.63, 3.8) is 0 Å². The number of aromatic nitrogens is 2. The number of hydrogen-bond acceptors (Lipinski definition) is 7. The molecule has 1 unspecified atom stereocenters. The van der Waals surface area contributed by atoms with Gasteiger partial charge in [0.25, 0.3) is 0 Å². The summed E-state index contributed by atoms with van der Waals surface area (Å²) in [5.74, 6) is -0.122. The lowest BCUT2D eigenvalue weighted by molar-refractivity contribution is -0.385. The molecule has 0 saturated carbocycles. The number of hydrogen-bond donors (Lipinski definition) is 2. The molecule has 0 aliphatic carbocycles. The largest absolute Gasteiger partial charge is 0.383 e. The highest BCUT2D eigenvalue weighted by Gasteiger charge is 2.22. The number of benzene rings is 1. The van der Waals surface area contributed by atoms with Crippen LogP contribution < -0.4 is 10.6 Å². The predicted octanol–water partition coefficient (Wildman–Crippen LogP) is 3.02. The van der Waals surface area contributed by atoms with E-state index < -0.39 is 10.7 Å². The van der Waals surface area contributed by atoms with Crippen LogP contribution in [0.25, 0.3) is 0 Å². The van der Waals surface area contributed by atoms with Gasteiger partial charge in [-0.2, -0.15) is 4.98 Å². The fourth-order valence-corrected chi connectivity index (χ4v) is 2.12. The SMILES string of the molecule is COCC(C)Nc1nc(C)c([N+](=O)[O-])c(Nc2ccc(F)cc2)n1. The molecule has 0 amide bonds. The Hall–Kier alpha value is -2.81. The Kier molecular flexibility index (Phi) is 5.59. The van der Waals surface area contributed by atoms with Crippen molar-refractivity contribution in [1.82, 2.24) is 9.97 Å². The number of aryl methyl sites for hydroxylation is 1. The summed E-state index contributed by atoms with van der Waals surface area (Å²) in [5, 5.41) is 17.2. The van der Waals surface area contributed by atoms with Crippen LogP contribution >= 0.6 is 0 Å². The number of anilines is 3. The molecule has 24 heavy (non-hydrogen) atoms. The van der Waals surface area contributed by atoms with Crippen LogP contribution in [0.5, 0.6) is 0 Å². The highest BCUT2D eigenvalue weighted by atomic mass is 19.1. The number of ether oxygens (including phenoxy) is 1. The Bertz CT molecular complexity index is 724. The van der Waals surface area contributed by atoms with E-state index in [2.05, 4.69) is 20.6 Å². The van der Waals surface area contributed by atoms with Crippen LogP contribution in [0.15, 0.2) is 24.3 Å². The average molecular weight is 335 g/mol. The minimum absolute atomic E-state index is 0.0335. The van der Waals surface area contributed by atoms with E-state index in [0.717, 1.165) is 0 Å². The van der Waals surface area contributed by atoms with Crippen molar-refractivity contribution in [3.8, 4) is 0 Å². The molecule has 0 saturated heterocycles. The summed E-state index contributed by atoms with van der Waals surface area (Å²) in [6.45, 7) is 3.83. The van der Waals surface area contributed by atoms with Crippen molar-refractivity contribution < 1.29 is 14.1 Å². The molecule has 1 aromatic heterocycles. The number of methoxy groups -OCH3 is 1. The zero-order valence-electron chi connectivity index (χ0n) is 13.5. The van der Waals surface area contributed by atoms with E-state index in [1.807, 2.05) is 6.92 Å². The van der Waals surface area contributed by atoms with Gasteiger partial charge in [-0.25, -0.2) is 9.37 Å². The Balaban J connectivity index is 2.36. The van der Waals surface area contributed by atoms with Crippen LogP contribution in [0.2, 0.25) is 0 Å². The molecule has 0 aliphatic rings. The number of halogens is 1. The van der Waals surface area contributed by atoms with Gasteiger partial charge in [-0.3, -0.25) is 10.1 Å².